The molecule has 0 heterocycles. The van der Waals surface area contributed by atoms with Crippen LogP contribution in [0.4, 0.5) is 5.69 Å². The highest BCUT2D eigenvalue weighted by Gasteiger charge is 2.11. The highest BCUT2D eigenvalue weighted by atomic mass is 79.9. The van der Waals surface area contributed by atoms with Gasteiger partial charge in [0.05, 0.1) is 13.7 Å². The van der Waals surface area contributed by atoms with Gasteiger partial charge in [-0.25, -0.2) is 0 Å². The number of benzene rings is 2. The van der Waals surface area contributed by atoms with E-state index in [0.717, 1.165) is 15.6 Å². The third-order valence-corrected chi connectivity index (χ3v) is 4.36. The number of carbonyl (C=O) groups excluding carboxylic acids is 2. The molecule has 0 saturated carbocycles. The Labute approximate surface area is 161 Å². The van der Waals surface area contributed by atoms with Crippen LogP contribution < -0.4 is 10.1 Å². The number of amides is 2. The minimum Gasteiger partial charge on any atom is -0.497 e. The number of hydrogen-bond acceptors (Lipinski definition) is 3. The van der Waals surface area contributed by atoms with Gasteiger partial charge in [-0.15, -0.1) is 0 Å². The molecule has 0 unspecified atom stereocenters. The Hall–Kier alpha value is -2.60. The van der Waals surface area contributed by atoms with Crippen LogP contribution in [0.25, 0.3) is 6.08 Å². The number of carbonyl (C=O) groups is 2. The molecule has 0 aliphatic rings. The molecule has 2 aromatic rings. The molecule has 0 fully saturated rings. The summed E-state index contributed by atoms with van der Waals surface area (Å²) in [5, 5.41) is 2.75. The van der Waals surface area contributed by atoms with Crippen LogP contribution in [0.3, 0.4) is 0 Å². The molecule has 0 radical (unpaired) electrons. The number of hydrogen-bond donors (Lipinski definition) is 1. The van der Waals surface area contributed by atoms with Gasteiger partial charge in [-0.3, -0.25) is 9.59 Å². The van der Waals surface area contributed by atoms with Crippen molar-refractivity contribution >= 4 is 39.5 Å². The van der Waals surface area contributed by atoms with Crippen molar-refractivity contribution in [3.8, 4) is 5.75 Å². The Kier molecular flexibility index (Phi) is 6.97. The van der Waals surface area contributed by atoms with E-state index in [1.165, 1.54) is 11.0 Å². The Bertz CT molecular complexity index is 834. The average molecular weight is 417 g/mol. The van der Waals surface area contributed by atoms with Gasteiger partial charge in [0.2, 0.25) is 11.8 Å². The number of ether oxygens (including phenoxy) is 1. The maximum Gasteiger partial charge on any atom is 0.246 e. The van der Waals surface area contributed by atoms with Gasteiger partial charge in [0.1, 0.15) is 5.75 Å². The van der Waals surface area contributed by atoms with Crippen molar-refractivity contribution in [3.63, 3.8) is 0 Å². The number of aryl methyl sites for hydroxylation is 1. The van der Waals surface area contributed by atoms with Crippen molar-refractivity contribution in [1.29, 1.82) is 0 Å². The summed E-state index contributed by atoms with van der Waals surface area (Å²) in [4.78, 5) is 25.7. The number of methoxy groups -OCH3 is 1. The van der Waals surface area contributed by atoms with E-state index >= 15 is 0 Å². The van der Waals surface area contributed by atoms with Gasteiger partial charge in [0.25, 0.3) is 0 Å². The zero-order chi connectivity index (χ0) is 19.1. The van der Waals surface area contributed by atoms with Crippen molar-refractivity contribution in [2.45, 2.75) is 6.92 Å². The highest BCUT2D eigenvalue weighted by molar-refractivity contribution is 9.10. The van der Waals surface area contributed by atoms with Crippen LogP contribution in [-0.4, -0.2) is 37.4 Å². The first kappa shape index (κ1) is 19.7. The fourth-order valence-electron chi connectivity index (χ4n) is 2.25. The van der Waals surface area contributed by atoms with Crippen molar-refractivity contribution in [2.24, 2.45) is 0 Å². The third kappa shape index (κ3) is 5.74. The monoisotopic (exact) mass is 416 g/mol. The lowest BCUT2D eigenvalue weighted by Crippen LogP contribution is -2.33. The van der Waals surface area contributed by atoms with Crippen LogP contribution in [0.2, 0.25) is 0 Å². The van der Waals surface area contributed by atoms with Gasteiger partial charge >= 0.3 is 0 Å². The lowest BCUT2D eigenvalue weighted by molar-refractivity contribution is -0.129. The Balaban J connectivity index is 1.93. The minimum atomic E-state index is -0.279. The Morgan fingerprint density at radius 2 is 2.00 bits per heavy atom. The second kappa shape index (κ2) is 9.20. The van der Waals surface area contributed by atoms with E-state index < -0.39 is 0 Å². The fraction of sp³-hybridized carbons (Fsp3) is 0.200. The number of likely N-dealkylation sites (N-methyl/N-ethyl adjacent to an activating group) is 1. The number of halogens is 1. The van der Waals surface area contributed by atoms with Crippen molar-refractivity contribution in [3.05, 3.63) is 64.1 Å². The normalized spacial score (nSPS) is 10.6. The van der Waals surface area contributed by atoms with Crippen LogP contribution in [0.15, 0.2) is 53.0 Å². The zero-order valence-electron chi connectivity index (χ0n) is 15.0. The van der Waals surface area contributed by atoms with E-state index in [1.54, 1.807) is 44.5 Å². The second-order valence-corrected chi connectivity index (χ2v) is 6.69. The zero-order valence-corrected chi connectivity index (χ0v) is 16.5. The smallest absolute Gasteiger partial charge is 0.246 e. The number of anilines is 1. The maximum atomic E-state index is 12.2. The topological polar surface area (TPSA) is 58.6 Å². The van der Waals surface area contributed by atoms with Crippen LogP contribution in [0.1, 0.15) is 11.1 Å². The van der Waals surface area contributed by atoms with Crippen molar-refractivity contribution in [1.82, 2.24) is 4.90 Å². The largest absolute Gasteiger partial charge is 0.497 e. The molecular weight excluding hydrogens is 396 g/mol. The second-order valence-electron chi connectivity index (χ2n) is 5.83. The number of rotatable bonds is 6. The standard InChI is InChI=1S/C20H21BrN2O3/c1-14-7-8-15(18(21)11-14)9-10-20(25)23(2)13-19(24)22-16-5-4-6-17(12-16)26-3/h4-12H,13H2,1-3H3,(H,22,24)/b10-9+. The van der Waals surface area contributed by atoms with Crippen molar-refractivity contribution in [2.75, 3.05) is 26.0 Å². The van der Waals surface area contributed by atoms with Gasteiger partial charge in [-0.2, -0.15) is 0 Å². The molecule has 6 heteroatoms. The third-order valence-electron chi connectivity index (χ3n) is 3.67. The van der Waals surface area contributed by atoms with E-state index in [9.17, 15) is 9.59 Å². The quantitative estimate of drug-likeness (QED) is 0.726. The number of nitrogens with one attached hydrogen (secondary N) is 1. The lowest BCUT2D eigenvalue weighted by atomic mass is 10.1. The SMILES string of the molecule is COc1cccc(NC(=O)CN(C)C(=O)/C=C/c2ccc(C)cc2Br)c1. The lowest BCUT2D eigenvalue weighted by Gasteiger charge is -2.15. The summed E-state index contributed by atoms with van der Waals surface area (Å²) in [5.74, 6) is 0.121. The predicted molar refractivity (Wildman–Crippen MR) is 107 cm³/mol. The Morgan fingerprint density at radius 1 is 1.23 bits per heavy atom. The van der Waals surface area contributed by atoms with E-state index in [-0.39, 0.29) is 18.4 Å². The summed E-state index contributed by atoms with van der Waals surface area (Å²) in [5.41, 5.74) is 2.65. The summed E-state index contributed by atoms with van der Waals surface area (Å²) >= 11 is 3.47. The van der Waals surface area contributed by atoms with Gasteiger partial charge < -0.3 is 15.0 Å². The van der Waals surface area contributed by atoms with Crippen molar-refractivity contribution < 1.29 is 14.3 Å². The van der Waals surface area contributed by atoms with Crippen LogP contribution in [-0.2, 0) is 9.59 Å². The first-order chi connectivity index (χ1) is 12.4. The first-order valence-corrected chi connectivity index (χ1v) is 8.81. The highest BCUT2D eigenvalue weighted by Crippen LogP contribution is 2.20. The Morgan fingerprint density at radius 3 is 2.69 bits per heavy atom. The molecule has 0 aliphatic carbocycles. The molecule has 5 nitrogen and oxygen atoms in total. The van der Waals surface area contributed by atoms with E-state index in [0.29, 0.717) is 11.4 Å². The molecular formula is C20H21BrN2O3. The maximum absolute atomic E-state index is 12.2. The van der Waals surface area contributed by atoms with Crippen LogP contribution >= 0.6 is 15.9 Å². The molecule has 0 spiro atoms. The first-order valence-electron chi connectivity index (χ1n) is 8.02. The molecule has 2 aromatic carbocycles. The van der Waals surface area contributed by atoms with Crippen LogP contribution in [0.5, 0.6) is 5.75 Å². The summed E-state index contributed by atoms with van der Waals surface area (Å²) < 4.78 is 6.03. The molecule has 0 saturated heterocycles. The van der Waals surface area contributed by atoms with Gasteiger partial charge in [-0.05, 0) is 42.3 Å². The molecule has 1 N–H and O–H groups in total. The fourth-order valence-corrected chi connectivity index (χ4v) is 2.88. The number of nitrogens with zero attached hydrogens (tertiary/aromatic N) is 1. The van der Waals surface area contributed by atoms with E-state index in [4.69, 9.17) is 4.74 Å². The summed E-state index contributed by atoms with van der Waals surface area (Å²) in [6.07, 6.45) is 3.18. The summed E-state index contributed by atoms with van der Waals surface area (Å²) in [6, 6.07) is 12.9. The molecule has 0 aromatic heterocycles. The van der Waals surface area contributed by atoms with Gasteiger partial charge in [0, 0.05) is 29.4 Å². The molecule has 26 heavy (non-hydrogen) atoms. The molecule has 0 atom stereocenters. The minimum absolute atomic E-state index is 0.0462. The van der Waals surface area contributed by atoms with Gasteiger partial charge in [-0.1, -0.05) is 34.1 Å². The predicted octanol–water partition coefficient (Wildman–Crippen LogP) is 3.88. The molecule has 136 valence electrons. The molecule has 0 aliphatic heterocycles. The molecule has 2 rings (SSSR count). The summed E-state index contributed by atoms with van der Waals surface area (Å²) in [6.45, 7) is 1.95. The molecule has 0 bridgehead atoms. The summed E-state index contributed by atoms with van der Waals surface area (Å²) in [7, 11) is 3.15. The van der Waals surface area contributed by atoms with Gasteiger partial charge in [0.15, 0.2) is 0 Å². The van der Waals surface area contributed by atoms with Crippen LogP contribution in [0, 0.1) is 6.92 Å². The van der Waals surface area contributed by atoms with E-state index in [1.807, 2.05) is 25.1 Å². The average Bonchev–Trinajstić information content (AvgIpc) is 2.60. The van der Waals surface area contributed by atoms with E-state index in [2.05, 4.69) is 21.2 Å². The molecule has 2 amide bonds.